The molecule has 1 aromatic heterocycles. The molecule has 0 aliphatic heterocycles. The van der Waals surface area contributed by atoms with Gasteiger partial charge in [0, 0.05) is 12.1 Å². The van der Waals surface area contributed by atoms with E-state index in [-0.39, 0.29) is 0 Å². The van der Waals surface area contributed by atoms with Gasteiger partial charge in [0.05, 0.1) is 17.6 Å². The second-order valence-corrected chi connectivity index (χ2v) is 7.64. The second kappa shape index (κ2) is 8.52. The van der Waals surface area contributed by atoms with E-state index in [9.17, 15) is 0 Å². The molecule has 0 bridgehead atoms. The number of aromatic nitrogens is 2. The zero-order valence-electron chi connectivity index (χ0n) is 17.5. The van der Waals surface area contributed by atoms with Gasteiger partial charge >= 0.3 is 0 Å². The Morgan fingerprint density at radius 3 is 2.41 bits per heavy atom. The van der Waals surface area contributed by atoms with Crippen LogP contribution in [-0.2, 0) is 6.54 Å². The van der Waals surface area contributed by atoms with Crippen molar-refractivity contribution in [1.29, 1.82) is 0 Å². The number of imidazole rings is 1. The molecular formula is C26H28N2O. The van der Waals surface area contributed by atoms with Crippen LogP contribution in [0.15, 0.2) is 66.7 Å². The highest BCUT2D eigenvalue weighted by Crippen LogP contribution is 2.27. The van der Waals surface area contributed by atoms with E-state index in [1.807, 2.05) is 0 Å². The number of aryl methyl sites for hydroxylation is 3. The molecule has 0 amide bonds. The van der Waals surface area contributed by atoms with Gasteiger partial charge < -0.3 is 9.30 Å². The van der Waals surface area contributed by atoms with E-state index < -0.39 is 0 Å². The summed E-state index contributed by atoms with van der Waals surface area (Å²) >= 11 is 0. The zero-order chi connectivity index (χ0) is 20.2. The summed E-state index contributed by atoms with van der Waals surface area (Å²) in [5.74, 6) is 2.05. The molecule has 4 rings (SSSR count). The number of hydrogen-bond donors (Lipinski definition) is 0. The van der Waals surface area contributed by atoms with Gasteiger partial charge in [-0.2, -0.15) is 0 Å². The Labute approximate surface area is 173 Å². The van der Waals surface area contributed by atoms with Crippen molar-refractivity contribution >= 4 is 11.0 Å². The van der Waals surface area contributed by atoms with Gasteiger partial charge in [-0.05, 0) is 68.5 Å². The smallest absolute Gasteiger partial charge is 0.141 e. The molecule has 0 radical (unpaired) electrons. The third-order valence-corrected chi connectivity index (χ3v) is 5.63. The van der Waals surface area contributed by atoms with Crippen molar-refractivity contribution in [2.45, 2.75) is 40.2 Å². The number of ether oxygens (including phenoxy) is 1. The Morgan fingerprint density at radius 2 is 1.55 bits per heavy atom. The summed E-state index contributed by atoms with van der Waals surface area (Å²) in [4.78, 5) is 4.94. The molecule has 3 aromatic carbocycles. The minimum absolute atomic E-state index is 0.733. The predicted molar refractivity (Wildman–Crippen MR) is 121 cm³/mol. The number of para-hydroxylation sites is 2. The molecular weight excluding hydrogens is 356 g/mol. The minimum Gasteiger partial charge on any atom is -0.493 e. The summed E-state index contributed by atoms with van der Waals surface area (Å²) in [5, 5.41) is 0. The maximum Gasteiger partial charge on any atom is 0.141 e. The maximum atomic E-state index is 6.03. The summed E-state index contributed by atoms with van der Waals surface area (Å²) < 4.78 is 8.39. The number of hydrogen-bond acceptors (Lipinski definition) is 2. The van der Waals surface area contributed by atoms with Gasteiger partial charge in [0.25, 0.3) is 0 Å². The molecule has 3 heteroatoms. The van der Waals surface area contributed by atoms with Gasteiger partial charge in [0.1, 0.15) is 11.6 Å². The molecule has 0 aliphatic carbocycles. The summed E-state index contributed by atoms with van der Waals surface area (Å²) in [6.07, 6.45) is 2.05. The molecule has 4 aromatic rings. The van der Waals surface area contributed by atoms with E-state index in [0.29, 0.717) is 0 Å². The molecule has 1 heterocycles. The average Bonchev–Trinajstić information content (AvgIpc) is 3.09. The molecule has 0 saturated heterocycles. The minimum atomic E-state index is 0.733. The molecule has 148 valence electrons. The summed E-state index contributed by atoms with van der Waals surface area (Å²) in [5.41, 5.74) is 7.21. The van der Waals surface area contributed by atoms with Crippen molar-refractivity contribution in [2.75, 3.05) is 6.61 Å². The van der Waals surface area contributed by atoms with E-state index in [1.165, 1.54) is 27.8 Å². The molecule has 0 unspecified atom stereocenters. The van der Waals surface area contributed by atoms with Crippen LogP contribution in [0.1, 0.15) is 29.5 Å². The lowest BCUT2D eigenvalue weighted by atomic mass is 10.1. The quantitative estimate of drug-likeness (QED) is 0.341. The Hall–Kier alpha value is -3.07. The lowest BCUT2D eigenvalue weighted by molar-refractivity contribution is 0.301. The van der Waals surface area contributed by atoms with Crippen molar-refractivity contribution < 1.29 is 4.74 Å². The van der Waals surface area contributed by atoms with Crippen LogP contribution >= 0.6 is 0 Å². The van der Waals surface area contributed by atoms with Crippen LogP contribution in [0.25, 0.3) is 22.4 Å². The summed E-state index contributed by atoms with van der Waals surface area (Å²) in [6.45, 7) is 8.06. The van der Waals surface area contributed by atoms with E-state index in [4.69, 9.17) is 9.72 Å². The van der Waals surface area contributed by atoms with Crippen LogP contribution in [0.2, 0.25) is 0 Å². The van der Waals surface area contributed by atoms with E-state index in [2.05, 4.69) is 92.1 Å². The number of unbranched alkanes of at least 4 members (excludes halogenated alkanes) is 1. The Kier molecular flexibility index (Phi) is 5.66. The van der Waals surface area contributed by atoms with Gasteiger partial charge in [-0.25, -0.2) is 4.98 Å². The van der Waals surface area contributed by atoms with Crippen LogP contribution in [0.5, 0.6) is 5.75 Å². The third-order valence-electron chi connectivity index (χ3n) is 5.63. The normalized spacial score (nSPS) is 11.1. The van der Waals surface area contributed by atoms with E-state index >= 15 is 0 Å². The molecule has 0 saturated carbocycles. The number of rotatable bonds is 7. The fourth-order valence-electron chi connectivity index (χ4n) is 3.77. The Morgan fingerprint density at radius 1 is 0.793 bits per heavy atom. The number of benzene rings is 3. The first-order valence-electron chi connectivity index (χ1n) is 10.4. The van der Waals surface area contributed by atoms with Gasteiger partial charge in [-0.3, -0.25) is 0 Å². The van der Waals surface area contributed by atoms with Crippen LogP contribution in [-0.4, -0.2) is 16.2 Å². The van der Waals surface area contributed by atoms with Crippen molar-refractivity contribution in [3.8, 4) is 17.1 Å². The molecule has 0 N–H and O–H groups in total. The molecule has 3 nitrogen and oxygen atoms in total. The average molecular weight is 385 g/mol. The van der Waals surface area contributed by atoms with Crippen molar-refractivity contribution in [1.82, 2.24) is 9.55 Å². The van der Waals surface area contributed by atoms with E-state index in [0.717, 1.165) is 43.1 Å². The second-order valence-electron chi connectivity index (χ2n) is 7.64. The topological polar surface area (TPSA) is 27.1 Å². The standard InChI is InChI=1S/C26H28N2O/c1-19-12-10-16-25(21(19)3)29-18-9-8-17-28-24-15-7-6-14-23(24)27-26(28)22-13-5-4-11-20(22)2/h4-7,10-16H,8-9,17-18H2,1-3H3. The monoisotopic (exact) mass is 384 g/mol. The fourth-order valence-corrected chi connectivity index (χ4v) is 3.77. The predicted octanol–water partition coefficient (Wildman–Crippen LogP) is 6.49. The Bertz CT molecular complexity index is 1130. The number of nitrogens with zero attached hydrogens (tertiary/aromatic N) is 2. The van der Waals surface area contributed by atoms with Crippen molar-refractivity contribution in [3.05, 3.63) is 83.4 Å². The first-order chi connectivity index (χ1) is 14.1. The summed E-state index contributed by atoms with van der Waals surface area (Å²) in [6, 6.07) is 23.1. The van der Waals surface area contributed by atoms with Crippen molar-refractivity contribution in [3.63, 3.8) is 0 Å². The molecule has 0 atom stereocenters. The highest BCUT2D eigenvalue weighted by atomic mass is 16.5. The van der Waals surface area contributed by atoms with Gasteiger partial charge in [0.2, 0.25) is 0 Å². The maximum absolute atomic E-state index is 6.03. The highest BCUT2D eigenvalue weighted by molar-refractivity contribution is 5.81. The van der Waals surface area contributed by atoms with Crippen LogP contribution in [0.3, 0.4) is 0 Å². The largest absolute Gasteiger partial charge is 0.493 e. The van der Waals surface area contributed by atoms with Crippen molar-refractivity contribution in [2.24, 2.45) is 0 Å². The van der Waals surface area contributed by atoms with Gasteiger partial charge in [-0.15, -0.1) is 0 Å². The molecule has 0 aliphatic rings. The zero-order valence-corrected chi connectivity index (χ0v) is 17.5. The van der Waals surface area contributed by atoms with Gasteiger partial charge in [0.15, 0.2) is 0 Å². The number of fused-ring (bicyclic) bond motifs is 1. The summed E-state index contributed by atoms with van der Waals surface area (Å²) in [7, 11) is 0. The van der Waals surface area contributed by atoms with Crippen LogP contribution < -0.4 is 4.74 Å². The van der Waals surface area contributed by atoms with Gasteiger partial charge in [-0.1, -0.05) is 48.5 Å². The first-order valence-corrected chi connectivity index (χ1v) is 10.4. The lowest BCUT2D eigenvalue weighted by Crippen LogP contribution is -2.05. The Balaban J connectivity index is 1.48. The van der Waals surface area contributed by atoms with Crippen LogP contribution in [0, 0.1) is 20.8 Å². The van der Waals surface area contributed by atoms with Crippen LogP contribution in [0.4, 0.5) is 0 Å². The molecule has 0 spiro atoms. The third kappa shape index (κ3) is 4.04. The fraction of sp³-hybridized carbons (Fsp3) is 0.269. The SMILES string of the molecule is Cc1ccccc1-c1nc2ccccc2n1CCCCOc1cccc(C)c1C. The molecule has 29 heavy (non-hydrogen) atoms. The molecule has 0 fully saturated rings. The highest BCUT2D eigenvalue weighted by Gasteiger charge is 2.13. The first kappa shape index (κ1) is 19.3. The van der Waals surface area contributed by atoms with E-state index in [1.54, 1.807) is 0 Å². The lowest BCUT2D eigenvalue weighted by Gasteiger charge is -2.13.